The van der Waals surface area contributed by atoms with E-state index in [1.165, 1.54) is 0 Å². The van der Waals surface area contributed by atoms with Gasteiger partial charge >= 0.3 is 12.1 Å². The van der Waals surface area contributed by atoms with Gasteiger partial charge in [0, 0.05) is 0 Å². The Hall–Kier alpha value is -1.59. The number of hydrogen-bond donors (Lipinski definition) is 1. The van der Waals surface area contributed by atoms with E-state index in [9.17, 15) is 27.5 Å². The molecule has 6 heteroatoms. The molecule has 0 bridgehead atoms. The van der Waals surface area contributed by atoms with E-state index in [1.807, 2.05) is 0 Å². The predicted molar refractivity (Wildman–Crippen MR) is 59.1 cm³/mol. The minimum Gasteiger partial charge on any atom is -0.481 e. The summed E-state index contributed by atoms with van der Waals surface area (Å²) in [7, 11) is 0. The quantitative estimate of drug-likeness (QED) is 0.838. The van der Waals surface area contributed by atoms with E-state index in [4.69, 9.17) is 0 Å². The van der Waals surface area contributed by atoms with Crippen LogP contribution in [0.5, 0.6) is 0 Å². The molecule has 1 aromatic carbocycles. The lowest BCUT2D eigenvalue weighted by Gasteiger charge is -2.17. The molecule has 1 N–H and O–H groups in total. The Morgan fingerprint density at radius 1 is 1.32 bits per heavy atom. The van der Waals surface area contributed by atoms with Gasteiger partial charge in [0.1, 0.15) is 5.82 Å². The fourth-order valence-corrected chi connectivity index (χ4v) is 2.61. The van der Waals surface area contributed by atoms with Crippen LogP contribution in [-0.2, 0) is 16.4 Å². The summed E-state index contributed by atoms with van der Waals surface area (Å²) < 4.78 is 50.8. The second-order valence-electron chi connectivity index (χ2n) is 5.46. The maximum Gasteiger partial charge on any atom is 0.419 e. The highest BCUT2D eigenvalue weighted by Gasteiger charge is 2.67. The number of carboxylic acids is 1. The summed E-state index contributed by atoms with van der Waals surface area (Å²) in [4.78, 5) is 11.3. The van der Waals surface area contributed by atoms with Crippen molar-refractivity contribution in [2.24, 2.45) is 5.41 Å². The number of rotatable bonds is 2. The average molecular weight is 276 g/mol. The molecule has 0 aromatic heterocycles. The second-order valence-corrected chi connectivity index (χ2v) is 5.46. The maximum absolute atomic E-state index is 13.5. The van der Waals surface area contributed by atoms with Crippen LogP contribution in [0.1, 0.15) is 31.4 Å². The largest absolute Gasteiger partial charge is 0.481 e. The van der Waals surface area contributed by atoms with E-state index in [0.29, 0.717) is 12.1 Å². The van der Waals surface area contributed by atoms with Gasteiger partial charge in [-0.15, -0.1) is 0 Å². The van der Waals surface area contributed by atoms with Crippen LogP contribution >= 0.6 is 0 Å². The van der Waals surface area contributed by atoms with Gasteiger partial charge in [0.05, 0.1) is 11.0 Å². The molecule has 0 spiro atoms. The molecular weight excluding hydrogens is 264 g/mol. The van der Waals surface area contributed by atoms with Gasteiger partial charge in [0.25, 0.3) is 0 Å². The number of aliphatic carboxylic acids is 1. The zero-order chi connectivity index (χ0) is 14.6. The SMILES string of the molecule is CC1(C)CC1(C(=O)O)c1ccc(C(F)(F)F)c(F)c1. The van der Waals surface area contributed by atoms with Crippen molar-refractivity contribution in [3.8, 4) is 0 Å². The van der Waals surface area contributed by atoms with Crippen LogP contribution in [0, 0.1) is 11.2 Å². The van der Waals surface area contributed by atoms with Crippen molar-refractivity contribution in [1.29, 1.82) is 0 Å². The molecule has 1 saturated carbocycles. The number of benzene rings is 1. The molecule has 1 aromatic rings. The number of hydrogen-bond acceptors (Lipinski definition) is 1. The number of halogens is 4. The minimum absolute atomic E-state index is 0.0792. The lowest BCUT2D eigenvalue weighted by atomic mass is 9.87. The molecule has 1 aliphatic carbocycles. The van der Waals surface area contributed by atoms with Gasteiger partial charge < -0.3 is 5.11 Å². The molecule has 104 valence electrons. The molecule has 0 heterocycles. The monoisotopic (exact) mass is 276 g/mol. The smallest absolute Gasteiger partial charge is 0.419 e. The summed E-state index contributed by atoms with van der Waals surface area (Å²) in [6.07, 6.45) is -4.50. The summed E-state index contributed by atoms with van der Waals surface area (Å²) in [6.45, 7) is 3.38. The van der Waals surface area contributed by atoms with Crippen LogP contribution < -0.4 is 0 Å². The molecule has 0 radical (unpaired) electrons. The Morgan fingerprint density at radius 3 is 2.16 bits per heavy atom. The summed E-state index contributed by atoms with van der Waals surface area (Å²) in [5.41, 5.74) is -3.19. The highest BCUT2D eigenvalue weighted by atomic mass is 19.4. The Kier molecular flexibility index (Phi) is 2.70. The maximum atomic E-state index is 13.5. The van der Waals surface area contributed by atoms with Gasteiger partial charge in [-0.2, -0.15) is 13.2 Å². The number of carboxylic acid groups (broad SMARTS) is 1. The zero-order valence-electron chi connectivity index (χ0n) is 10.3. The molecule has 2 nitrogen and oxygen atoms in total. The van der Waals surface area contributed by atoms with E-state index >= 15 is 0 Å². The molecule has 1 fully saturated rings. The number of alkyl halides is 3. The third-order valence-corrected chi connectivity index (χ3v) is 3.87. The van der Waals surface area contributed by atoms with Crippen LogP contribution in [0.15, 0.2) is 18.2 Å². The Morgan fingerprint density at radius 2 is 1.84 bits per heavy atom. The molecule has 1 atom stereocenters. The van der Waals surface area contributed by atoms with E-state index in [-0.39, 0.29) is 12.0 Å². The molecule has 0 aliphatic heterocycles. The van der Waals surface area contributed by atoms with Crippen LogP contribution in [-0.4, -0.2) is 11.1 Å². The molecular formula is C13H12F4O2. The van der Waals surface area contributed by atoms with Crippen LogP contribution in [0.3, 0.4) is 0 Å². The second kappa shape index (κ2) is 3.71. The van der Waals surface area contributed by atoms with Crippen LogP contribution in [0.2, 0.25) is 0 Å². The highest BCUT2D eigenvalue weighted by Crippen LogP contribution is 2.64. The average Bonchev–Trinajstić information content (AvgIpc) is 2.81. The summed E-state index contributed by atoms with van der Waals surface area (Å²) >= 11 is 0. The van der Waals surface area contributed by atoms with E-state index < -0.39 is 34.4 Å². The Bertz CT molecular complexity index is 548. The summed E-state index contributed by atoms with van der Waals surface area (Å²) in [5, 5.41) is 9.27. The van der Waals surface area contributed by atoms with Crippen LogP contribution in [0.4, 0.5) is 17.6 Å². The lowest BCUT2D eigenvalue weighted by molar-refractivity contribution is -0.141. The molecule has 0 saturated heterocycles. The van der Waals surface area contributed by atoms with Crippen molar-refractivity contribution in [2.45, 2.75) is 31.9 Å². The van der Waals surface area contributed by atoms with Crippen molar-refractivity contribution < 1.29 is 27.5 Å². The van der Waals surface area contributed by atoms with E-state index in [1.54, 1.807) is 13.8 Å². The number of carbonyl (C=O) groups is 1. The molecule has 0 amide bonds. The first kappa shape index (κ1) is 13.8. The summed E-state index contributed by atoms with van der Waals surface area (Å²) in [6, 6.07) is 2.34. The topological polar surface area (TPSA) is 37.3 Å². The van der Waals surface area contributed by atoms with Crippen molar-refractivity contribution >= 4 is 5.97 Å². The van der Waals surface area contributed by atoms with E-state index in [0.717, 1.165) is 6.07 Å². The third-order valence-electron chi connectivity index (χ3n) is 3.87. The lowest BCUT2D eigenvalue weighted by Crippen LogP contribution is -2.26. The fraction of sp³-hybridized carbons (Fsp3) is 0.462. The van der Waals surface area contributed by atoms with Gasteiger partial charge in [-0.1, -0.05) is 19.9 Å². The van der Waals surface area contributed by atoms with Crippen LogP contribution in [0.25, 0.3) is 0 Å². The highest BCUT2D eigenvalue weighted by molar-refractivity contribution is 5.87. The first-order valence-corrected chi connectivity index (χ1v) is 5.63. The van der Waals surface area contributed by atoms with Gasteiger partial charge in [0.15, 0.2) is 0 Å². The minimum atomic E-state index is -4.78. The predicted octanol–water partition coefficient (Wildman–Crippen LogP) is 3.60. The Balaban J connectivity index is 2.50. The first-order valence-electron chi connectivity index (χ1n) is 5.63. The molecule has 1 aliphatic rings. The molecule has 19 heavy (non-hydrogen) atoms. The normalized spacial score (nSPS) is 25.2. The summed E-state index contributed by atoms with van der Waals surface area (Å²) in [5.74, 6) is -2.58. The molecule has 1 unspecified atom stereocenters. The Labute approximate surface area is 107 Å². The van der Waals surface area contributed by atoms with Crippen molar-refractivity contribution in [2.75, 3.05) is 0 Å². The van der Waals surface area contributed by atoms with Gasteiger partial charge in [0.2, 0.25) is 0 Å². The van der Waals surface area contributed by atoms with Crippen molar-refractivity contribution in [3.63, 3.8) is 0 Å². The van der Waals surface area contributed by atoms with Gasteiger partial charge in [-0.25, -0.2) is 4.39 Å². The standard InChI is InChI=1S/C13H12F4O2/c1-11(2)6-12(11,10(18)19)7-3-4-8(9(14)5-7)13(15,16)17/h3-5H,6H2,1-2H3,(H,18,19). The van der Waals surface area contributed by atoms with Crippen molar-refractivity contribution in [3.05, 3.63) is 35.1 Å². The van der Waals surface area contributed by atoms with E-state index in [2.05, 4.69) is 0 Å². The zero-order valence-corrected chi connectivity index (χ0v) is 10.3. The fourth-order valence-electron chi connectivity index (χ4n) is 2.61. The third kappa shape index (κ3) is 1.89. The first-order chi connectivity index (χ1) is 8.52. The van der Waals surface area contributed by atoms with Gasteiger partial charge in [-0.05, 0) is 29.5 Å². The van der Waals surface area contributed by atoms with Gasteiger partial charge in [-0.3, -0.25) is 4.79 Å². The molecule has 2 rings (SSSR count). The van der Waals surface area contributed by atoms with Crippen molar-refractivity contribution in [1.82, 2.24) is 0 Å².